The van der Waals surface area contributed by atoms with Crippen molar-refractivity contribution < 1.29 is 29.7 Å². The average molecular weight is 762 g/mol. The number of carboxylic acids is 3. The molecule has 0 aliphatic heterocycles. The van der Waals surface area contributed by atoms with Crippen LogP contribution in [0.3, 0.4) is 0 Å². The molecular weight excluding hydrogens is 719 g/mol. The molecule has 3 aromatic rings. The van der Waals surface area contributed by atoms with E-state index in [0.29, 0.717) is 31.4 Å². The van der Waals surface area contributed by atoms with Crippen LogP contribution in [0.4, 0.5) is 0 Å². The van der Waals surface area contributed by atoms with Crippen molar-refractivity contribution in [3.63, 3.8) is 0 Å². The fourth-order valence-corrected chi connectivity index (χ4v) is 4.69. The number of rotatable bonds is 12. The topological polar surface area (TPSA) is 112 Å². The number of unbranched alkanes of at least 4 members (excludes halogenated alkanes) is 3. The predicted molar refractivity (Wildman–Crippen MR) is 185 cm³/mol. The Morgan fingerprint density at radius 1 is 0.523 bits per heavy atom. The van der Waals surface area contributed by atoms with Gasteiger partial charge in [0.1, 0.15) is 0 Å². The van der Waals surface area contributed by atoms with Gasteiger partial charge in [-0.25, -0.2) is 14.4 Å². The molecule has 0 fully saturated rings. The van der Waals surface area contributed by atoms with E-state index in [1.807, 2.05) is 0 Å². The molecule has 0 bridgehead atoms. The predicted octanol–water partition coefficient (Wildman–Crippen LogP) is 8.10. The maximum absolute atomic E-state index is 10.9. The van der Waals surface area contributed by atoms with E-state index in [4.69, 9.17) is 53.2 Å². The van der Waals surface area contributed by atoms with Crippen LogP contribution in [-0.4, -0.2) is 55.8 Å². The van der Waals surface area contributed by atoms with Gasteiger partial charge in [0.25, 0.3) is 0 Å². The molecule has 236 valence electrons. The molecular formula is C34H42O6S3Sn. The third kappa shape index (κ3) is 16.0. The van der Waals surface area contributed by atoms with E-state index in [0.717, 1.165) is 74.5 Å². The molecule has 0 spiro atoms. The van der Waals surface area contributed by atoms with Crippen LogP contribution in [0.15, 0.2) is 69.3 Å². The fourth-order valence-electron chi connectivity index (χ4n) is 4.06. The summed E-state index contributed by atoms with van der Waals surface area (Å²) in [6, 6.07) is 15.1. The van der Waals surface area contributed by atoms with Gasteiger partial charge in [-0.15, -0.1) is 0 Å². The summed E-state index contributed by atoms with van der Waals surface area (Å²) in [4.78, 5) is 36.8. The second kappa shape index (κ2) is 23.9. The van der Waals surface area contributed by atoms with E-state index in [1.165, 1.54) is 0 Å². The van der Waals surface area contributed by atoms with Gasteiger partial charge in [-0.1, -0.05) is 76.4 Å². The third-order valence-corrected chi connectivity index (χ3v) is 7.08. The number of aryl methyl sites for hydroxylation is 3. The standard InChI is InChI=1S/3C11H14O2S.CH3.Sn/c3*1-2-3-4-8-7-9(14)5-6-10(8)11(12)13;;/h3*5-7,14H,2-4H2,1H3,(H,12,13);1H3;/q;;;;+3/p-3. The van der Waals surface area contributed by atoms with Gasteiger partial charge in [0.15, 0.2) is 0 Å². The molecule has 3 aromatic carbocycles. The first-order valence-electron chi connectivity index (χ1n) is 14.5. The summed E-state index contributed by atoms with van der Waals surface area (Å²) in [5.74, 6) is -2.61. The van der Waals surface area contributed by atoms with Crippen LogP contribution < -0.4 is 0 Å². The Kier molecular flexibility index (Phi) is 22.5. The molecule has 0 aliphatic rings. The van der Waals surface area contributed by atoms with Gasteiger partial charge in [-0.2, -0.15) is 14.7 Å². The van der Waals surface area contributed by atoms with Crippen LogP contribution in [0, 0.1) is 0 Å². The van der Waals surface area contributed by atoms with Crippen molar-refractivity contribution in [1.82, 2.24) is 0 Å². The number of carbonyl (C=O) groups is 3. The van der Waals surface area contributed by atoms with E-state index < -0.39 is 17.9 Å². The zero-order chi connectivity index (χ0) is 33.7. The molecule has 0 aromatic heterocycles. The Balaban J connectivity index is 0.000000612. The summed E-state index contributed by atoms with van der Waals surface area (Å²) in [7, 11) is 0. The molecule has 0 atom stereocenters. The fraction of sp³-hybridized carbons (Fsp3) is 0.382. The van der Waals surface area contributed by atoms with Crippen molar-refractivity contribution in [2.45, 2.75) is 98.2 Å². The zero-order valence-electron chi connectivity index (χ0n) is 25.9. The quantitative estimate of drug-likeness (QED) is 0.125. The minimum absolute atomic E-state index is 0.382. The van der Waals surface area contributed by atoms with Crippen molar-refractivity contribution in [3.05, 3.63) is 88.0 Å². The van der Waals surface area contributed by atoms with Gasteiger partial charge >= 0.3 is 45.4 Å². The Labute approximate surface area is 292 Å². The van der Waals surface area contributed by atoms with E-state index in [9.17, 15) is 14.4 Å². The number of benzene rings is 3. The number of aromatic carboxylic acids is 3. The van der Waals surface area contributed by atoms with Gasteiger partial charge < -0.3 is 53.2 Å². The maximum atomic E-state index is 10.9. The van der Waals surface area contributed by atoms with Gasteiger partial charge in [0.05, 0.1) is 16.7 Å². The second-order valence-corrected chi connectivity index (χ2v) is 11.1. The summed E-state index contributed by atoms with van der Waals surface area (Å²) in [6.45, 7) is 6.24. The van der Waals surface area contributed by atoms with Crippen LogP contribution in [0.1, 0.15) is 107 Å². The molecule has 0 heterocycles. The molecule has 0 saturated heterocycles. The average Bonchev–Trinajstić information content (AvgIpc) is 2.99. The van der Waals surface area contributed by atoms with Crippen LogP contribution >= 0.6 is 0 Å². The molecule has 10 heteroatoms. The van der Waals surface area contributed by atoms with Crippen molar-refractivity contribution in [3.8, 4) is 0 Å². The van der Waals surface area contributed by atoms with Gasteiger partial charge in [0, 0.05) is 0 Å². The first-order valence-corrected chi connectivity index (χ1v) is 18.6. The molecule has 0 amide bonds. The zero-order valence-corrected chi connectivity index (χ0v) is 31.2. The van der Waals surface area contributed by atoms with Crippen LogP contribution in [0.2, 0.25) is 4.94 Å². The van der Waals surface area contributed by atoms with Gasteiger partial charge in [0.2, 0.25) is 0 Å². The van der Waals surface area contributed by atoms with Gasteiger partial charge in [-0.05, 0) is 73.4 Å². The van der Waals surface area contributed by atoms with Crippen LogP contribution in [0.25, 0.3) is 0 Å². The van der Waals surface area contributed by atoms with Crippen LogP contribution in [0.5, 0.6) is 0 Å². The normalized spacial score (nSPS) is 9.77. The van der Waals surface area contributed by atoms with E-state index in [1.54, 1.807) is 77.1 Å². The number of hydrogen-bond donors (Lipinski definition) is 3. The molecule has 0 aliphatic carbocycles. The molecule has 44 heavy (non-hydrogen) atoms. The van der Waals surface area contributed by atoms with Crippen LogP contribution in [-0.2, 0) is 57.1 Å². The Bertz CT molecular complexity index is 1170. The molecule has 0 unspecified atom stereocenters. The van der Waals surface area contributed by atoms with Crippen molar-refractivity contribution in [2.24, 2.45) is 0 Å². The monoisotopic (exact) mass is 762 g/mol. The third-order valence-electron chi connectivity index (χ3n) is 6.32. The Hall–Kier alpha value is -2.47. The first kappa shape index (κ1) is 41.5. The minimum atomic E-state index is -0.869. The molecule has 3 rings (SSSR count). The Morgan fingerprint density at radius 3 is 0.932 bits per heavy atom. The van der Waals surface area contributed by atoms with Crippen molar-refractivity contribution >= 4 is 78.3 Å². The van der Waals surface area contributed by atoms with E-state index in [-0.39, 0.29) is 0 Å². The first-order chi connectivity index (χ1) is 20.9. The second-order valence-electron chi connectivity index (χ2n) is 9.68. The molecule has 0 radical (unpaired) electrons. The SMILES string of the molecule is CCCCc1cc([S-])ccc1C(=O)O.CCCCc1cc([S-])ccc1C(=O)O.CCCCc1cc([S-])ccc1C(=O)O.[CH3][Sn+3]. The van der Waals surface area contributed by atoms with E-state index >= 15 is 0 Å². The summed E-state index contributed by atoms with van der Waals surface area (Å²) in [5, 5.41) is 26.8. The molecule has 0 saturated carbocycles. The summed E-state index contributed by atoms with van der Waals surface area (Å²) in [5.41, 5.74) is 3.71. The summed E-state index contributed by atoms with van der Waals surface area (Å²) >= 11 is 16.6. The number of hydrogen-bond acceptors (Lipinski definition) is 6. The van der Waals surface area contributed by atoms with Crippen molar-refractivity contribution in [2.75, 3.05) is 0 Å². The summed E-state index contributed by atoms with van der Waals surface area (Å²) in [6.07, 6.45) is 8.55. The van der Waals surface area contributed by atoms with Crippen molar-refractivity contribution in [1.29, 1.82) is 0 Å². The van der Waals surface area contributed by atoms with E-state index in [2.05, 4.69) is 25.7 Å². The summed E-state index contributed by atoms with van der Waals surface area (Å²) < 4.78 is 0. The molecule has 6 nitrogen and oxygen atoms in total. The Morgan fingerprint density at radius 2 is 0.750 bits per heavy atom. The molecule has 3 N–H and O–H groups in total. The van der Waals surface area contributed by atoms with Gasteiger partial charge in [-0.3, -0.25) is 0 Å². The number of carboxylic acid groups (broad SMARTS) is 3.